The molecule has 0 saturated heterocycles. The van der Waals surface area contributed by atoms with Gasteiger partial charge in [-0.3, -0.25) is 4.79 Å². The summed E-state index contributed by atoms with van der Waals surface area (Å²) in [6.45, 7) is 2.14. The molecule has 2 unspecified atom stereocenters. The summed E-state index contributed by atoms with van der Waals surface area (Å²) < 4.78 is 2.03. The van der Waals surface area contributed by atoms with Crippen LogP contribution in [0.2, 0.25) is 0 Å². The van der Waals surface area contributed by atoms with E-state index in [1.807, 2.05) is 73.1 Å². The number of rotatable bonds is 5. The zero-order chi connectivity index (χ0) is 17.1. The zero-order valence-electron chi connectivity index (χ0n) is 13.9. The molecule has 0 aliphatic rings. The van der Waals surface area contributed by atoms with Crippen molar-refractivity contribution in [3.05, 3.63) is 66.0 Å². The summed E-state index contributed by atoms with van der Waals surface area (Å²) in [7, 11) is 1.97. The Kier molecular flexibility index (Phi) is 4.62. The van der Waals surface area contributed by atoms with Crippen LogP contribution in [0.15, 0.2) is 54.6 Å². The molecule has 1 heterocycles. The number of fused-ring (bicyclic) bond motifs is 1. The molecule has 2 aromatic carbocycles. The maximum atomic E-state index is 12.4. The van der Waals surface area contributed by atoms with E-state index in [0.717, 1.165) is 22.4 Å². The highest BCUT2D eigenvalue weighted by Crippen LogP contribution is 2.25. The van der Waals surface area contributed by atoms with Gasteiger partial charge >= 0.3 is 0 Å². The normalized spacial score (nSPS) is 13.6. The molecule has 0 bridgehead atoms. The molecule has 0 fully saturated rings. The Morgan fingerprint density at radius 3 is 2.50 bits per heavy atom. The number of nitrogens with one attached hydrogen (secondary N) is 1. The van der Waals surface area contributed by atoms with Gasteiger partial charge in [-0.15, -0.1) is 0 Å². The second-order valence-corrected chi connectivity index (χ2v) is 6.01. The summed E-state index contributed by atoms with van der Waals surface area (Å²) in [6, 6.07) is 17.5. The molecule has 24 heavy (non-hydrogen) atoms. The number of nitrogens with two attached hydrogens (primary N) is 1. The lowest BCUT2D eigenvalue weighted by Crippen LogP contribution is -2.37. The van der Waals surface area contributed by atoms with Crippen molar-refractivity contribution in [1.82, 2.24) is 14.9 Å². The summed E-state index contributed by atoms with van der Waals surface area (Å²) in [5.41, 5.74) is 8.58. The molecule has 0 radical (unpaired) electrons. The van der Waals surface area contributed by atoms with Gasteiger partial charge in [0.1, 0.15) is 11.9 Å². The van der Waals surface area contributed by atoms with Crippen LogP contribution in [-0.4, -0.2) is 22.0 Å². The molecule has 0 aliphatic carbocycles. The summed E-state index contributed by atoms with van der Waals surface area (Å²) in [5.74, 6) is 0.490. The predicted octanol–water partition coefficient (Wildman–Crippen LogP) is 2.37. The molecule has 3 rings (SSSR count). The largest absolute Gasteiger partial charge is 0.342 e. The third-order valence-electron chi connectivity index (χ3n) is 4.30. The van der Waals surface area contributed by atoms with Crippen molar-refractivity contribution < 1.29 is 4.79 Å². The van der Waals surface area contributed by atoms with Crippen molar-refractivity contribution in [2.75, 3.05) is 6.54 Å². The van der Waals surface area contributed by atoms with E-state index in [2.05, 4.69) is 5.32 Å². The smallest absolute Gasteiger partial charge is 0.224 e. The Morgan fingerprint density at radius 2 is 1.83 bits per heavy atom. The van der Waals surface area contributed by atoms with Gasteiger partial charge in [0.05, 0.1) is 11.0 Å². The lowest BCUT2D eigenvalue weighted by atomic mass is 10.0. The molecule has 3 aromatic rings. The summed E-state index contributed by atoms with van der Waals surface area (Å²) in [5, 5.41) is 3.10. The number of hydrogen-bond acceptors (Lipinski definition) is 3. The van der Waals surface area contributed by atoms with Gasteiger partial charge in [-0.25, -0.2) is 4.98 Å². The molecule has 3 N–H and O–H groups in total. The van der Waals surface area contributed by atoms with Gasteiger partial charge in [-0.2, -0.15) is 0 Å². The van der Waals surface area contributed by atoms with Crippen LogP contribution >= 0.6 is 0 Å². The average Bonchev–Trinajstić information content (AvgIpc) is 2.96. The number of para-hydroxylation sites is 2. The average molecular weight is 322 g/mol. The van der Waals surface area contributed by atoms with Crippen molar-refractivity contribution in [2.24, 2.45) is 18.7 Å². The van der Waals surface area contributed by atoms with E-state index in [4.69, 9.17) is 10.7 Å². The van der Waals surface area contributed by atoms with Crippen LogP contribution < -0.4 is 11.1 Å². The van der Waals surface area contributed by atoms with Crippen molar-refractivity contribution in [2.45, 2.75) is 13.0 Å². The Bertz CT molecular complexity index is 841. The van der Waals surface area contributed by atoms with E-state index >= 15 is 0 Å². The number of aromatic nitrogens is 2. The fourth-order valence-electron chi connectivity index (χ4n) is 2.76. The summed E-state index contributed by atoms with van der Waals surface area (Å²) >= 11 is 0. The second-order valence-electron chi connectivity index (χ2n) is 6.01. The van der Waals surface area contributed by atoms with Gasteiger partial charge in [-0.05, 0) is 17.7 Å². The Hall–Kier alpha value is -2.66. The first-order valence-corrected chi connectivity index (χ1v) is 8.08. The number of amides is 1. The van der Waals surface area contributed by atoms with Crippen molar-refractivity contribution >= 4 is 16.9 Å². The molecule has 5 nitrogen and oxygen atoms in total. The maximum Gasteiger partial charge on any atom is 0.224 e. The van der Waals surface area contributed by atoms with Gasteiger partial charge in [-0.1, -0.05) is 49.4 Å². The number of aryl methyl sites for hydroxylation is 1. The Balaban J connectivity index is 2.06. The van der Waals surface area contributed by atoms with Crippen LogP contribution in [0.3, 0.4) is 0 Å². The van der Waals surface area contributed by atoms with E-state index in [1.165, 1.54) is 0 Å². The SMILES string of the molecule is CC(CN)C(=O)NC(c1ccccc1)c1nc2ccccc2n1C. The minimum Gasteiger partial charge on any atom is -0.342 e. The van der Waals surface area contributed by atoms with E-state index in [-0.39, 0.29) is 17.9 Å². The Labute approximate surface area is 141 Å². The molecule has 0 spiro atoms. The first-order chi connectivity index (χ1) is 11.6. The lowest BCUT2D eigenvalue weighted by molar-refractivity contribution is -0.124. The topological polar surface area (TPSA) is 72.9 Å². The first-order valence-electron chi connectivity index (χ1n) is 8.08. The van der Waals surface area contributed by atoms with Gasteiger partial charge in [0, 0.05) is 19.5 Å². The van der Waals surface area contributed by atoms with Crippen LogP contribution in [0, 0.1) is 5.92 Å². The second kappa shape index (κ2) is 6.84. The summed E-state index contributed by atoms with van der Waals surface area (Å²) in [6.07, 6.45) is 0. The highest BCUT2D eigenvalue weighted by molar-refractivity contribution is 5.80. The van der Waals surface area contributed by atoms with E-state index in [9.17, 15) is 4.79 Å². The maximum absolute atomic E-state index is 12.4. The molecule has 2 atom stereocenters. The standard InChI is InChI=1S/C19H22N4O/c1-13(12-20)19(24)22-17(14-8-4-3-5-9-14)18-21-15-10-6-7-11-16(15)23(18)2/h3-11,13,17H,12,20H2,1-2H3,(H,22,24). The van der Waals surface area contributed by atoms with Crippen LogP contribution in [0.1, 0.15) is 24.4 Å². The summed E-state index contributed by atoms with van der Waals surface area (Å²) in [4.78, 5) is 17.2. The quantitative estimate of drug-likeness (QED) is 0.757. The van der Waals surface area contributed by atoms with Crippen LogP contribution in [0.5, 0.6) is 0 Å². The number of carbonyl (C=O) groups is 1. The molecule has 124 valence electrons. The molecule has 5 heteroatoms. The fraction of sp³-hybridized carbons (Fsp3) is 0.263. The highest BCUT2D eigenvalue weighted by atomic mass is 16.1. The molecular weight excluding hydrogens is 300 g/mol. The number of carbonyl (C=O) groups excluding carboxylic acids is 1. The lowest BCUT2D eigenvalue weighted by Gasteiger charge is -2.21. The van der Waals surface area contributed by atoms with Crippen molar-refractivity contribution in [1.29, 1.82) is 0 Å². The first kappa shape index (κ1) is 16.2. The highest BCUT2D eigenvalue weighted by Gasteiger charge is 2.24. The number of benzene rings is 2. The minimum absolute atomic E-state index is 0.0709. The number of nitrogens with zero attached hydrogens (tertiary/aromatic N) is 2. The zero-order valence-corrected chi connectivity index (χ0v) is 13.9. The van der Waals surface area contributed by atoms with Gasteiger partial charge < -0.3 is 15.6 Å². The van der Waals surface area contributed by atoms with E-state index in [1.54, 1.807) is 0 Å². The van der Waals surface area contributed by atoms with E-state index in [0.29, 0.717) is 6.54 Å². The fourth-order valence-corrected chi connectivity index (χ4v) is 2.76. The van der Waals surface area contributed by atoms with Crippen molar-refractivity contribution in [3.63, 3.8) is 0 Å². The molecular formula is C19H22N4O. The minimum atomic E-state index is -0.315. The molecule has 1 aromatic heterocycles. The Morgan fingerprint density at radius 1 is 1.17 bits per heavy atom. The number of imidazole rings is 1. The van der Waals surface area contributed by atoms with E-state index < -0.39 is 0 Å². The van der Waals surface area contributed by atoms with Crippen LogP contribution in [0.4, 0.5) is 0 Å². The van der Waals surface area contributed by atoms with Crippen LogP contribution in [0.25, 0.3) is 11.0 Å². The third-order valence-corrected chi connectivity index (χ3v) is 4.30. The van der Waals surface area contributed by atoms with Crippen molar-refractivity contribution in [3.8, 4) is 0 Å². The monoisotopic (exact) mass is 322 g/mol. The van der Waals surface area contributed by atoms with Crippen LogP contribution in [-0.2, 0) is 11.8 Å². The third kappa shape index (κ3) is 3.03. The van der Waals surface area contributed by atoms with Gasteiger partial charge in [0.15, 0.2) is 0 Å². The predicted molar refractivity (Wildman–Crippen MR) is 95.4 cm³/mol. The number of hydrogen-bond donors (Lipinski definition) is 2. The van der Waals surface area contributed by atoms with Gasteiger partial charge in [0.2, 0.25) is 5.91 Å². The van der Waals surface area contributed by atoms with Gasteiger partial charge in [0.25, 0.3) is 0 Å². The molecule has 0 saturated carbocycles. The molecule has 0 aliphatic heterocycles. The molecule has 1 amide bonds.